The Hall–Kier alpha value is -2.24. The van der Waals surface area contributed by atoms with E-state index in [4.69, 9.17) is 14.2 Å². The fourth-order valence-corrected chi connectivity index (χ4v) is 2.35. The quantitative estimate of drug-likeness (QED) is 0.607. The summed E-state index contributed by atoms with van der Waals surface area (Å²) in [6, 6.07) is 7.15. The van der Waals surface area contributed by atoms with Gasteiger partial charge in [0.1, 0.15) is 11.5 Å². The van der Waals surface area contributed by atoms with Crippen LogP contribution in [0, 0.1) is 5.92 Å². The molecule has 140 valence electrons. The number of hydrogen-bond donors (Lipinski definition) is 0. The lowest BCUT2D eigenvalue weighted by Crippen LogP contribution is -2.44. The Balaban J connectivity index is 2.66. The summed E-state index contributed by atoms with van der Waals surface area (Å²) in [4.78, 5) is 25.9. The average molecular weight is 351 g/mol. The topological polar surface area (TPSA) is 65.1 Å². The molecule has 1 amide bonds. The van der Waals surface area contributed by atoms with Crippen molar-refractivity contribution in [2.75, 3.05) is 26.9 Å². The van der Waals surface area contributed by atoms with Gasteiger partial charge in [-0.2, -0.15) is 0 Å². The monoisotopic (exact) mass is 351 g/mol. The molecule has 1 aromatic carbocycles. The van der Waals surface area contributed by atoms with Crippen molar-refractivity contribution < 1.29 is 23.8 Å². The third-order valence-electron chi connectivity index (χ3n) is 4.01. The highest BCUT2D eigenvalue weighted by Crippen LogP contribution is 2.18. The van der Waals surface area contributed by atoms with E-state index in [1.54, 1.807) is 36.1 Å². The molecule has 0 aliphatic carbocycles. The van der Waals surface area contributed by atoms with Crippen LogP contribution >= 0.6 is 0 Å². The molecule has 0 saturated heterocycles. The molecule has 0 aliphatic heterocycles. The second-order valence-corrected chi connectivity index (χ2v) is 5.92. The molecule has 0 N–H and O–H groups in total. The molecule has 6 heteroatoms. The summed E-state index contributed by atoms with van der Waals surface area (Å²) in [7, 11) is 1.35. The van der Waals surface area contributed by atoms with Gasteiger partial charge in [-0.1, -0.05) is 13.8 Å². The van der Waals surface area contributed by atoms with E-state index >= 15 is 0 Å². The number of benzene rings is 1. The zero-order valence-electron chi connectivity index (χ0n) is 15.8. The van der Waals surface area contributed by atoms with Gasteiger partial charge in [0, 0.05) is 12.6 Å². The number of esters is 1. The normalized spacial score (nSPS) is 12.8. The SMILES string of the molecule is CCOc1ccc(OCC(=O)N(CC(C)C(=O)OC)C(C)CC)cc1. The number of rotatable bonds is 10. The smallest absolute Gasteiger partial charge is 0.310 e. The Morgan fingerprint density at radius 2 is 1.60 bits per heavy atom. The van der Waals surface area contributed by atoms with Crippen LogP contribution in [0.3, 0.4) is 0 Å². The molecule has 1 aromatic rings. The maximum atomic E-state index is 12.6. The minimum absolute atomic E-state index is 0.0172. The standard InChI is InChI=1S/C19H29NO5/c1-6-15(4)20(12-14(3)19(22)23-5)18(21)13-25-17-10-8-16(9-11-17)24-7-2/h8-11,14-15H,6-7,12-13H2,1-5H3. The number of nitrogens with zero attached hydrogens (tertiary/aromatic N) is 1. The number of amides is 1. The van der Waals surface area contributed by atoms with Crippen molar-refractivity contribution in [2.45, 2.75) is 40.2 Å². The van der Waals surface area contributed by atoms with Gasteiger partial charge in [0.05, 0.1) is 19.6 Å². The van der Waals surface area contributed by atoms with E-state index in [1.807, 2.05) is 20.8 Å². The summed E-state index contributed by atoms with van der Waals surface area (Å²) < 4.78 is 15.7. The van der Waals surface area contributed by atoms with Crippen LogP contribution in [0.5, 0.6) is 11.5 Å². The van der Waals surface area contributed by atoms with Crippen LogP contribution in [0.15, 0.2) is 24.3 Å². The van der Waals surface area contributed by atoms with Crippen molar-refractivity contribution in [2.24, 2.45) is 5.92 Å². The predicted octanol–water partition coefficient (Wildman–Crippen LogP) is 2.90. The molecule has 0 heterocycles. The number of methoxy groups -OCH3 is 1. The van der Waals surface area contributed by atoms with Crippen molar-refractivity contribution in [3.63, 3.8) is 0 Å². The Morgan fingerprint density at radius 3 is 2.08 bits per heavy atom. The number of carbonyl (C=O) groups is 2. The number of ether oxygens (including phenoxy) is 3. The first-order chi connectivity index (χ1) is 11.9. The van der Waals surface area contributed by atoms with Gasteiger partial charge in [-0.25, -0.2) is 0 Å². The van der Waals surface area contributed by atoms with E-state index in [9.17, 15) is 9.59 Å². The number of carbonyl (C=O) groups excluding carboxylic acids is 2. The van der Waals surface area contributed by atoms with Gasteiger partial charge in [-0.3, -0.25) is 9.59 Å². The third-order valence-corrected chi connectivity index (χ3v) is 4.01. The molecular formula is C19H29NO5. The van der Waals surface area contributed by atoms with Gasteiger partial charge in [-0.15, -0.1) is 0 Å². The Labute approximate surface area is 150 Å². The van der Waals surface area contributed by atoms with Crippen LogP contribution in [0.1, 0.15) is 34.1 Å². The molecule has 25 heavy (non-hydrogen) atoms. The maximum Gasteiger partial charge on any atom is 0.310 e. The van der Waals surface area contributed by atoms with Gasteiger partial charge in [0.15, 0.2) is 6.61 Å². The highest BCUT2D eigenvalue weighted by atomic mass is 16.5. The average Bonchev–Trinajstić information content (AvgIpc) is 2.63. The predicted molar refractivity (Wildman–Crippen MR) is 95.8 cm³/mol. The maximum absolute atomic E-state index is 12.6. The lowest BCUT2D eigenvalue weighted by molar-refractivity contribution is -0.147. The van der Waals surface area contributed by atoms with Crippen LogP contribution in [-0.4, -0.2) is 49.7 Å². The second kappa shape index (κ2) is 10.6. The van der Waals surface area contributed by atoms with Crippen molar-refractivity contribution in [1.82, 2.24) is 4.90 Å². The third kappa shape index (κ3) is 6.64. The van der Waals surface area contributed by atoms with Crippen LogP contribution in [0.2, 0.25) is 0 Å². The minimum atomic E-state index is -0.381. The highest BCUT2D eigenvalue weighted by molar-refractivity contribution is 5.79. The molecule has 2 unspecified atom stereocenters. The van der Waals surface area contributed by atoms with Crippen LogP contribution in [0.25, 0.3) is 0 Å². The van der Waals surface area contributed by atoms with Gasteiger partial charge in [-0.05, 0) is 44.5 Å². The van der Waals surface area contributed by atoms with E-state index in [-0.39, 0.29) is 30.4 Å². The molecule has 0 aliphatic rings. The second-order valence-electron chi connectivity index (χ2n) is 5.92. The summed E-state index contributed by atoms with van der Waals surface area (Å²) in [5.74, 6) is 0.497. The zero-order chi connectivity index (χ0) is 18.8. The first-order valence-corrected chi connectivity index (χ1v) is 8.65. The van der Waals surface area contributed by atoms with Gasteiger partial charge in [0.2, 0.25) is 0 Å². The molecule has 0 bridgehead atoms. The van der Waals surface area contributed by atoms with Crippen molar-refractivity contribution >= 4 is 11.9 Å². The largest absolute Gasteiger partial charge is 0.494 e. The summed E-state index contributed by atoms with van der Waals surface area (Å²) in [5.41, 5.74) is 0. The van der Waals surface area contributed by atoms with Gasteiger partial charge < -0.3 is 19.1 Å². The molecule has 0 spiro atoms. The molecule has 0 radical (unpaired) electrons. The van der Waals surface area contributed by atoms with Crippen LogP contribution in [0.4, 0.5) is 0 Å². The minimum Gasteiger partial charge on any atom is -0.494 e. The van der Waals surface area contributed by atoms with Gasteiger partial charge >= 0.3 is 5.97 Å². The molecule has 0 aromatic heterocycles. The van der Waals surface area contributed by atoms with E-state index in [2.05, 4.69) is 0 Å². The van der Waals surface area contributed by atoms with E-state index < -0.39 is 0 Å². The van der Waals surface area contributed by atoms with Crippen molar-refractivity contribution in [1.29, 1.82) is 0 Å². The lowest BCUT2D eigenvalue weighted by Gasteiger charge is -2.30. The van der Waals surface area contributed by atoms with Gasteiger partial charge in [0.25, 0.3) is 5.91 Å². The molecule has 6 nitrogen and oxygen atoms in total. The summed E-state index contributed by atoms with van der Waals surface area (Å²) in [6.45, 7) is 8.46. The Morgan fingerprint density at radius 1 is 1.04 bits per heavy atom. The molecular weight excluding hydrogens is 322 g/mol. The fraction of sp³-hybridized carbons (Fsp3) is 0.579. The Kier molecular flexibility index (Phi) is 8.81. The fourth-order valence-electron chi connectivity index (χ4n) is 2.35. The summed E-state index contributed by atoms with van der Waals surface area (Å²) in [6.07, 6.45) is 0.794. The van der Waals surface area contributed by atoms with E-state index in [1.165, 1.54) is 7.11 Å². The Bertz CT molecular complexity index is 543. The van der Waals surface area contributed by atoms with Crippen molar-refractivity contribution in [3.8, 4) is 11.5 Å². The molecule has 1 rings (SSSR count). The molecule has 2 atom stereocenters. The first kappa shape index (κ1) is 20.8. The van der Waals surface area contributed by atoms with Crippen LogP contribution in [-0.2, 0) is 14.3 Å². The number of hydrogen-bond acceptors (Lipinski definition) is 5. The van der Waals surface area contributed by atoms with E-state index in [0.29, 0.717) is 18.9 Å². The lowest BCUT2D eigenvalue weighted by atomic mass is 10.1. The molecule has 0 saturated carbocycles. The highest BCUT2D eigenvalue weighted by Gasteiger charge is 2.25. The molecule has 0 fully saturated rings. The van der Waals surface area contributed by atoms with E-state index in [0.717, 1.165) is 12.2 Å². The summed E-state index contributed by atoms with van der Waals surface area (Å²) in [5, 5.41) is 0. The van der Waals surface area contributed by atoms with Crippen molar-refractivity contribution in [3.05, 3.63) is 24.3 Å². The first-order valence-electron chi connectivity index (χ1n) is 8.65. The van der Waals surface area contributed by atoms with Crippen LogP contribution < -0.4 is 9.47 Å². The zero-order valence-corrected chi connectivity index (χ0v) is 15.8. The summed E-state index contributed by atoms with van der Waals surface area (Å²) >= 11 is 0.